The van der Waals surface area contributed by atoms with Crippen LogP contribution >= 0.6 is 11.8 Å². The number of nitrogens with two attached hydrogens (primary N) is 1. The summed E-state index contributed by atoms with van der Waals surface area (Å²) in [5, 5.41) is 2.25. The number of hydrogen-bond donors (Lipinski definition) is 1. The number of nitrogens with zero attached hydrogens (tertiary/aromatic N) is 2. The predicted octanol–water partition coefficient (Wildman–Crippen LogP) is 3.88. The van der Waals surface area contributed by atoms with Gasteiger partial charge in [-0.1, -0.05) is 38.5 Å². The molecule has 1 heterocycles. The third-order valence-electron chi connectivity index (χ3n) is 3.55. The highest BCUT2D eigenvalue weighted by Gasteiger charge is 2.14. The van der Waals surface area contributed by atoms with Gasteiger partial charge >= 0.3 is 0 Å². The molecule has 0 fully saturated rings. The second-order valence-corrected chi connectivity index (χ2v) is 6.95. The van der Waals surface area contributed by atoms with Crippen molar-refractivity contribution in [3.63, 3.8) is 0 Å². The minimum Gasteiger partial charge on any atom is -0.330 e. The Morgan fingerprint density at radius 2 is 1.95 bits per heavy atom. The van der Waals surface area contributed by atoms with Crippen LogP contribution in [-0.2, 0) is 0 Å². The van der Waals surface area contributed by atoms with Crippen LogP contribution in [0, 0.1) is 5.41 Å². The van der Waals surface area contributed by atoms with E-state index in [0.717, 1.165) is 28.2 Å². The molecule has 4 heteroatoms. The average Bonchev–Trinajstić information content (AvgIpc) is 2.47. The average molecular weight is 289 g/mol. The number of fused-ring (bicyclic) bond motifs is 1. The predicted molar refractivity (Wildman–Crippen MR) is 86.9 cm³/mol. The van der Waals surface area contributed by atoms with Crippen molar-refractivity contribution in [3.05, 3.63) is 30.6 Å². The number of aromatic nitrogens is 2. The zero-order valence-electron chi connectivity index (χ0n) is 12.3. The molecule has 108 valence electrons. The van der Waals surface area contributed by atoms with Gasteiger partial charge in [-0.15, -0.1) is 11.8 Å². The van der Waals surface area contributed by atoms with Crippen molar-refractivity contribution < 1.29 is 0 Å². The fourth-order valence-corrected chi connectivity index (χ4v) is 3.06. The number of benzene rings is 1. The highest BCUT2D eigenvalue weighted by Crippen LogP contribution is 2.26. The summed E-state index contributed by atoms with van der Waals surface area (Å²) in [6.07, 6.45) is 5.27. The molecule has 0 radical (unpaired) electrons. The van der Waals surface area contributed by atoms with Crippen molar-refractivity contribution in [2.45, 2.75) is 38.1 Å². The normalized spacial score (nSPS) is 11.9. The van der Waals surface area contributed by atoms with Crippen molar-refractivity contribution >= 4 is 22.7 Å². The quantitative estimate of drug-likeness (QED) is 0.477. The number of unbranched alkanes of at least 4 members (excludes halogenated alkanes) is 1. The second-order valence-electron chi connectivity index (χ2n) is 5.87. The van der Waals surface area contributed by atoms with Crippen LogP contribution in [0.2, 0.25) is 0 Å². The molecule has 0 atom stereocenters. The monoisotopic (exact) mass is 289 g/mol. The van der Waals surface area contributed by atoms with Crippen molar-refractivity contribution in [3.8, 4) is 0 Å². The molecule has 2 aromatic rings. The van der Waals surface area contributed by atoms with Crippen LogP contribution in [0.3, 0.4) is 0 Å². The Morgan fingerprint density at radius 1 is 1.15 bits per heavy atom. The summed E-state index contributed by atoms with van der Waals surface area (Å²) < 4.78 is 0. The Bertz CT molecular complexity index is 549. The lowest BCUT2D eigenvalue weighted by atomic mass is 9.88. The van der Waals surface area contributed by atoms with Crippen LogP contribution < -0.4 is 5.73 Å². The molecule has 1 aromatic heterocycles. The van der Waals surface area contributed by atoms with Crippen molar-refractivity contribution in [2.75, 3.05) is 12.3 Å². The van der Waals surface area contributed by atoms with Crippen molar-refractivity contribution in [1.82, 2.24) is 9.97 Å². The molecule has 2 rings (SSSR count). The SMILES string of the molecule is CC(C)(CN)CCCCSc1ncnc2ccccc12. The first-order valence-electron chi connectivity index (χ1n) is 7.15. The largest absolute Gasteiger partial charge is 0.330 e. The molecule has 0 bridgehead atoms. The molecule has 0 aliphatic carbocycles. The van der Waals surface area contributed by atoms with E-state index in [4.69, 9.17) is 5.73 Å². The number of para-hydroxylation sites is 1. The molecule has 20 heavy (non-hydrogen) atoms. The molecule has 0 aliphatic rings. The summed E-state index contributed by atoms with van der Waals surface area (Å²) in [4.78, 5) is 8.69. The number of thioether (sulfide) groups is 1. The standard InChI is InChI=1S/C16H23N3S/c1-16(2,11-17)9-5-6-10-20-15-13-7-3-4-8-14(13)18-12-19-15/h3-4,7-8,12H,5-6,9-11,17H2,1-2H3. The van der Waals surface area contributed by atoms with Gasteiger partial charge in [-0.05, 0) is 36.6 Å². The van der Waals surface area contributed by atoms with Crippen LogP contribution in [-0.4, -0.2) is 22.3 Å². The number of rotatable bonds is 7. The van der Waals surface area contributed by atoms with Crippen LogP contribution in [0.5, 0.6) is 0 Å². The molecule has 0 aliphatic heterocycles. The van der Waals surface area contributed by atoms with Gasteiger partial charge in [0.1, 0.15) is 11.4 Å². The molecule has 0 saturated heterocycles. The Kier molecular flexibility index (Phi) is 5.38. The maximum Gasteiger partial charge on any atom is 0.117 e. The number of hydrogen-bond acceptors (Lipinski definition) is 4. The molecular formula is C16H23N3S. The van der Waals surface area contributed by atoms with E-state index in [1.165, 1.54) is 19.3 Å². The zero-order valence-corrected chi connectivity index (χ0v) is 13.1. The van der Waals surface area contributed by atoms with Gasteiger partial charge < -0.3 is 5.73 Å². The smallest absolute Gasteiger partial charge is 0.117 e. The minimum atomic E-state index is 0.270. The Balaban J connectivity index is 1.85. The van der Waals surface area contributed by atoms with Gasteiger partial charge in [-0.25, -0.2) is 9.97 Å². The van der Waals surface area contributed by atoms with Gasteiger partial charge in [-0.3, -0.25) is 0 Å². The lowest BCUT2D eigenvalue weighted by Crippen LogP contribution is -2.23. The topological polar surface area (TPSA) is 51.8 Å². The zero-order chi connectivity index (χ0) is 14.4. The second kappa shape index (κ2) is 7.04. The van der Waals surface area contributed by atoms with E-state index in [1.807, 2.05) is 30.0 Å². The summed E-state index contributed by atoms with van der Waals surface area (Å²) in [7, 11) is 0. The first-order chi connectivity index (χ1) is 9.62. The van der Waals surface area contributed by atoms with Gasteiger partial charge in [-0.2, -0.15) is 0 Å². The Morgan fingerprint density at radius 3 is 2.75 bits per heavy atom. The molecule has 0 unspecified atom stereocenters. The molecule has 1 aromatic carbocycles. The molecule has 0 saturated carbocycles. The Hall–Kier alpha value is -1.13. The first kappa shape index (κ1) is 15.3. The van der Waals surface area contributed by atoms with Crippen LogP contribution in [0.1, 0.15) is 33.1 Å². The first-order valence-corrected chi connectivity index (χ1v) is 8.13. The van der Waals surface area contributed by atoms with E-state index in [2.05, 4.69) is 29.9 Å². The maximum absolute atomic E-state index is 5.75. The highest BCUT2D eigenvalue weighted by molar-refractivity contribution is 7.99. The minimum absolute atomic E-state index is 0.270. The van der Waals surface area contributed by atoms with Gasteiger partial charge in [0.15, 0.2) is 0 Å². The van der Waals surface area contributed by atoms with E-state index < -0.39 is 0 Å². The fourth-order valence-electron chi connectivity index (χ4n) is 2.07. The summed E-state index contributed by atoms with van der Waals surface area (Å²) in [5.74, 6) is 1.10. The van der Waals surface area contributed by atoms with E-state index in [0.29, 0.717) is 0 Å². The Labute approximate surface area is 125 Å². The maximum atomic E-state index is 5.75. The van der Waals surface area contributed by atoms with E-state index in [9.17, 15) is 0 Å². The van der Waals surface area contributed by atoms with Crippen LogP contribution in [0.15, 0.2) is 35.6 Å². The summed E-state index contributed by atoms with van der Waals surface area (Å²) >= 11 is 1.83. The molecule has 3 nitrogen and oxygen atoms in total. The summed E-state index contributed by atoms with van der Waals surface area (Å²) in [6, 6.07) is 8.18. The summed E-state index contributed by atoms with van der Waals surface area (Å²) in [6.45, 7) is 5.23. The lowest BCUT2D eigenvalue weighted by molar-refractivity contribution is 0.336. The van der Waals surface area contributed by atoms with Gasteiger partial charge in [0.25, 0.3) is 0 Å². The lowest BCUT2D eigenvalue weighted by Gasteiger charge is -2.21. The van der Waals surface area contributed by atoms with Gasteiger partial charge in [0.05, 0.1) is 5.52 Å². The van der Waals surface area contributed by atoms with Crippen molar-refractivity contribution in [2.24, 2.45) is 11.1 Å². The molecular weight excluding hydrogens is 266 g/mol. The third-order valence-corrected chi connectivity index (χ3v) is 4.64. The van der Waals surface area contributed by atoms with E-state index in [1.54, 1.807) is 6.33 Å². The highest BCUT2D eigenvalue weighted by atomic mass is 32.2. The van der Waals surface area contributed by atoms with Gasteiger partial charge in [0.2, 0.25) is 0 Å². The van der Waals surface area contributed by atoms with Gasteiger partial charge in [0, 0.05) is 5.39 Å². The van der Waals surface area contributed by atoms with E-state index >= 15 is 0 Å². The fraction of sp³-hybridized carbons (Fsp3) is 0.500. The molecule has 0 amide bonds. The third kappa shape index (κ3) is 4.18. The van der Waals surface area contributed by atoms with Crippen LogP contribution in [0.25, 0.3) is 10.9 Å². The summed E-state index contributed by atoms with van der Waals surface area (Å²) in [5.41, 5.74) is 7.04. The van der Waals surface area contributed by atoms with Crippen LogP contribution in [0.4, 0.5) is 0 Å². The molecule has 0 spiro atoms. The van der Waals surface area contributed by atoms with E-state index in [-0.39, 0.29) is 5.41 Å². The van der Waals surface area contributed by atoms with Crippen molar-refractivity contribution in [1.29, 1.82) is 0 Å². The molecule has 2 N–H and O–H groups in total.